The monoisotopic (exact) mass is 415 g/mol. The molecule has 0 spiro atoms. The van der Waals surface area contributed by atoms with E-state index in [1.165, 1.54) is 0 Å². The zero-order chi connectivity index (χ0) is 18.5. The number of carbonyl (C=O) groups is 1. The molecule has 1 saturated heterocycles. The lowest BCUT2D eigenvalue weighted by atomic mass is 10.2. The molecule has 6 heteroatoms. The normalized spacial score (nSPS) is 14.8. The maximum Gasteiger partial charge on any atom is 0.222 e. The molecule has 1 aliphatic heterocycles. The predicted octanol–water partition coefficient (Wildman–Crippen LogP) is 3.96. The second-order valence-corrected chi connectivity index (χ2v) is 7.11. The van der Waals surface area contributed by atoms with Crippen LogP contribution in [0.4, 0.5) is 11.4 Å². The number of hydrogen-bond acceptors (Lipinski definition) is 4. The minimum absolute atomic E-state index is 0.202. The highest BCUT2D eigenvalue weighted by Gasteiger charge is 2.19. The number of rotatable bonds is 4. The average Bonchev–Trinajstić information content (AvgIpc) is 2.68. The SMILES string of the molecule is CCC(=O)N1CCN(c2ccc(N=Cc3cc(Br)ccc3O)cc2)CC1. The van der Waals surface area contributed by atoms with Crippen LogP contribution in [0.2, 0.25) is 0 Å². The molecule has 0 saturated carbocycles. The van der Waals surface area contributed by atoms with E-state index < -0.39 is 0 Å². The summed E-state index contributed by atoms with van der Waals surface area (Å²) in [5.74, 6) is 0.429. The van der Waals surface area contributed by atoms with E-state index in [0.29, 0.717) is 12.0 Å². The summed E-state index contributed by atoms with van der Waals surface area (Å²) in [7, 11) is 0. The third-order valence-electron chi connectivity index (χ3n) is 4.49. The second-order valence-electron chi connectivity index (χ2n) is 6.20. The van der Waals surface area contributed by atoms with Crippen LogP contribution < -0.4 is 4.90 Å². The Kier molecular flexibility index (Phi) is 5.93. The molecule has 5 nitrogen and oxygen atoms in total. The first-order valence-electron chi connectivity index (χ1n) is 8.72. The zero-order valence-corrected chi connectivity index (χ0v) is 16.3. The topological polar surface area (TPSA) is 56.1 Å². The number of benzene rings is 2. The number of halogens is 1. The van der Waals surface area contributed by atoms with E-state index in [1.54, 1.807) is 18.3 Å². The van der Waals surface area contributed by atoms with Gasteiger partial charge in [0.2, 0.25) is 5.91 Å². The summed E-state index contributed by atoms with van der Waals surface area (Å²) in [5, 5.41) is 9.86. The van der Waals surface area contributed by atoms with Crippen LogP contribution >= 0.6 is 15.9 Å². The number of aromatic hydroxyl groups is 1. The third kappa shape index (κ3) is 4.43. The minimum atomic E-state index is 0.202. The van der Waals surface area contributed by atoms with E-state index in [-0.39, 0.29) is 11.7 Å². The third-order valence-corrected chi connectivity index (χ3v) is 4.99. The largest absolute Gasteiger partial charge is 0.507 e. The lowest BCUT2D eigenvalue weighted by Crippen LogP contribution is -2.48. The van der Waals surface area contributed by atoms with E-state index in [4.69, 9.17) is 0 Å². The lowest BCUT2D eigenvalue weighted by Gasteiger charge is -2.36. The van der Waals surface area contributed by atoms with Crippen LogP contribution in [-0.4, -0.2) is 48.3 Å². The van der Waals surface area contributed by atoms with Gasteiger partial charge in [0.15, 0.2) is 0 Å². The second kappa shape index (κ2) is 8.36. The van der Waals surface area contributed by atoms with Crippen molar-refractivity contribution in [2.75, 3.05) is 31.1 Å². The number of carbonyl (C=O) groups excluding carboxylic acids is 1. The molecule has 1 aliphatic rings. The molecule has 1 amide bonds. The van der Waals surface area contributed by atoms with Crippen molar-refractivity contribution >= 4 is 39.4 Å². The van der Waals surface area contributed by atoms with Crippen molar-refractivity contribution in [3.05, 3.63) is 52.5 Å². The number of aliphatic imine (C=N–C) groups is 1. The van der Waals surface area contributed by atoms with Crippen LogP contribution in [0.15, 0.2) is 51.9 Å². The van der Waals surface area contributed by atoms with Crippen molar-refractivity contribution in [2.24, 2.45) is 4.99 Å². The number of amides is 1. The van der Waals surface area contributed by atoms with E-state index in [9.17, 15) is 9.90 Å². The van der Waals surface area contributed by atoms with E-state index in [1.807, 2.05) is 42.2 Å². The Labute approximate surface area is 162 Å². The van der Waals surface area contributed by atoms with E-state index in [2.05, 4.69) is 25.8 Å². The smallest absolute Gasteiger partial charge is 0.222 e. The molecule has 1 fully saturated rings. The van der Waals surface area contributed by atoms with Gasteiger partial charge < -0.3 is 14.9 Å². The van der Waals surface area contributed by atoms with Gasteiger partial charge in [0.25, 0.3) is 0 Å². The van der Waals surface area contributed by atoms with Crippen molar-refractivity contribution in [1.29, 1.82) is 0 Å². The van der Waals surface area contributed by atoms with Gasteiger partial charge in [0.05, 0.1) is 5.69 Å². The molecular formula is C20H22BrN3O2. The Morgan fingerprint density at radius 3 is 2.50 bits per heavy atom. The molecule has 1 heterocycles. The van der Waals surface area contributed by atoms with Gasteiger partial charge >= 0.3 is 0 Å². The highest BCUT2D eigenvalue weighted by Crippen LogP contribution is 2.23. The summed E-state index contributed by atoms with van der Waals surface area (Å²) in [6.45, 7) is 5.14. The summed E-state index contributed by atoms with van der Waals surface area (Å²) in [4.78, 5) is 20.4. The molecule has 0 bridgehead atoms. The maximum absolute atomic E-state index is 11.8. The average molecular weight is 416 g/mol. The highest BCUT2D eigenvalue weighted by molar-refractivity contribution is 9.10. The molecule has 3 rings (SSSR count). The van der Waals surface area contributed by atoms with Crippen molar-refractivity contribution in [1.82, 2.24) is 4.90 Å². The van der Waals surface area contributed by atoms with Crippen LogP contribution in [0.25, 0.3) is 0 Å². The Morgan fingerprint density at radius 1 is 1.15 bits per heavy atom. The first-order chi connectivity index (χ1) is 12.6. The highest BCUT2D eigenvalue weighted by atomic mass is 79.9. The van der Waals surface area contributed by atoms with Gasteiger partial charge in [-0.05, 0) is 42.5 Å². The molecule has 1 N–H and O–H groups in total. The van der Waals surface area contributed by atoms with Crippen molar-refractivity contribution in [3.63, 3.8) is 0 Å². The Balaban J connectivity index is 1.63. The predicted molar refractivity (Wildman–Crippen MR) is 109 cm³/mol. The number of phenols is 1. The maximum atomic E-state index is 11.8. The molecule has 2 aromatic carbocycles. The Morgan fingerprint density at radius 2 is 1.85 bits per heavy atom. The van der Waals surface area contributed by atoms with Crippen LogP contribution in [-0.2, 0) is 4.79 Å². The fourth-order valence-corrected chi connectivity index (χ4v) is 3.34. The standard InChI is InChI=1S/C20H22BrN3O2/c1-2-20(26)24-11-9-23(10-12-24)18-6-4-17(5-7-18)22-14-15-13-16(21)3-8-19(15)25/h3-8,13-14,25H,2,9-12H2,1H3. The van der Waals surface area contributed by atoms with Crippen LogP contribution in [0.3, 0.4) is 0 Å². The quantitative estimate of drug-likeness (QED) is 0.768. The van der Waals surface area contributed by atoms with Gasteiger partial charge in [-0.1, -0.05) is 22.9 Å². The molecule has 0 unspecified atom stereocenters. The Bertz CT molecular complexity index is 797. The first kappa shape index (κ1) is 18.5. The van der Waals surface area contributed by atoms with E-state index >= 15 is 0 Å². The molecule has 2 aromatic rings. The number of anilines is 1. The van der Waals surface area contributed by atoms with Crippen molar-refractivity contribution < 1.29 is 9.90 Å². The number of hydrogen-bond donors (Lipinski definition) is 1. The van der Waals surface area contributed by atoms with Gasteiger partial charge in [-0.15, -0.1) is 0 Å². The summed E-state index contributed by atoms with van der Waals surface area (Å²) >= 11 is 3.39. The summed E-state index contributed by atoms with van der Waals surface area (Å²) in [6.07, 6.45) is 2.23. The summed E-state index contributed by atoms with van der Waals surface area (Å²) in [5.41, 5.74) is 2.63. The van der Waals surface area contributed by atoms with Crippen LogP contribution in [0.5, 0.6) is 5.75 Å². The van der Waals surface area contributed by atoms with Crippen LogP contribution in [0, 0.1) is 0 Å². The summed E-state index contributed by atoms with van der Waals surface area (Å²) in [6, 6.07) is 13.3. The molecule has 136 valence electrons. The van der Waals surface area contributed by atoms with Crippen molar-refractivity contribution in [2.45, 2.75) is 13.3 Å². The number of piperazine rings is 1. The zero-order valence-electron chi connectivity index (χ0n) is 14.7. The molecular weight excluding hydrogens is 394 g/mol. The first-order valence-corrected chi connectivity index (χ1v) is 9.51. The molecule has 0 atom stereocenters. The number of nitrogens with zero attached hydrogens (tertiary/aromatic N) is 3. The van der Waals surface area contributed by atoms with Gasteiger partial charge in [0, 0.05) is 54.5 Å². The molecule has 0 aromatic heterocycles. The van der Waals surface area contributed by atoms with E-state index in [0.717, 1.165) is 42.0 Å². The fourth-order valence-electron chi connectivity index (χ4n) is 2.96. The summed E-state index contributed by atoms with van der Waals surface area (Å²) < 4.78 is 0.896. The van der Waals surface area contributed by atoms with Gasteiger partial charge in [-0.2, -0.15) is 0 Å². The molecule has 26 heavy (non-hydrogen) atoms. The van der Waals surface area contributed by atoms with Crippen molar-refractivity contribution in [3.8, 4) is 5.75 Å². The fraction of sp³-hybridized carbons (Fsp3) is 0.300. The molecule has 0 radical (unpaired) electrons. The van der Waals surface area contributed by atoms with Crippen LogP contribution in [0.1, 0.15) is 18.9 Å². The molecule has 0 aliphatic carbocycles. The lowest BCUT2D eigenvalue weighted by molar-refractivity contribution is -0.131. The van der Waals surface area contributed by atoms with Gasteiger partial charge in [-0.25, -0.2) is 0 Å². The van der Waals surface area contributed by atoms with Gasteiger partial charge in [-0.3, -0.25) is 9.79 Å². The minimum Gasteiger partial charge on any atom is -0.507 e. The van der Waals surface area contributed by atoms with Gasteiger partial charge in [0.1, 0.15) is 5.75 Å². The number of phenolic OH excluding ortho intramolecular Hbond substituents is 1. The Hall–Kier alpha value is -2.34.